The molecule has 0 saturated carbocycles. The van der Waals surface area contributed by atoms with Crippen LogP contribution in [0.25, 0.3) is 0 Å². The van der Waals surface area contributed by atoms with E-state index in [1.165, 1.54) is 6.07 Å². The standard InChI is InChI=1S/C9H12FN3O/c10-8-6(2-1-3-7(8)14)4-5-13-9(11)12/h1-3,14H,4-5H2,(H4,11,12,13). The number of hydrogen-bond donors (Lipinski definition) is 3. The van der Waals surface area contributed by atoms with E-state index >= 15 is 0 Å². The number of nitrogens with zero attached hydrogens (tertiary/aromatic N) is 1. The van der Waals surface area contributed by atoms with Crippen molar-refractivity contribution in [1.29, 1.82) is 0 Å². The lowest BCUT2D eigenvalue weighted by atomic mass is 10.1. The Morgan fingerprint density at radius 2 is 2.14 bits per heavy atom. The van der Waals surface area contributed by atoms with Gasteiger partial charge in [-0.3, -0.25) is 4.99 Å². The number of rotatable bonds is 3. The average molecular weight is 197 g/mol. The molecule has 4 nitrogen and oxygen atoms in total. The summed E-state index contributed by atoms with van der Waals surface area (Å²) >= 11 is 0. The van der Waals surface area contributed by atoms with Crippen molar-refractivity contribution in [1.82, 2.24) is 0 Å². The number of aromatic hydroxyl groups is 1. The van der Waals surface area contributed by atoms with Gasteiger partial charge < -0.3 is 16.6 Å². The summed E-state index contributed by atoms with van der Waals surface area (Å²) in [5, 5.41) is 9.05. The Bertz CT molecular complexity index is 348. The molecule has 76 valence electrons. The predicted octanol–water partition coefficient (Wildman–Crippen LogP) is 0.347. The van der Waals surface area contributed by atoms with Crippen molar-refractivity contribution in [2.75, 3.05) is 6.54 Å². The average Bonchev–Trinajstić information content (AvgIpc) is 2.12. The zero-order valence-corrected chi connectivity index (χ0v) is 7.57. The number of benzene rings is 1. The molecule has 1 aromatic rings. The van der Waals surface area contributed by atoms with Crippen molar-refractivity contribution in [2.24, 2.45) is 16.5 Å². The van der Waals surface area contributed by atoms with Crippen LogP contribution in [0.15, 0.2) is 23.2 Å². The smallest absolute Gasteiger partial charge is 0.185 e. The lowest BCUT2D eigenvalue weighted by Gasteiger charge is -2.02. The van der Waals surface area contributed by atoms with Crippen LogP contribution in [0.3, 0.4) is 0 Å². The molecule has 0 aliphatic carbocycles. The van der Waals surface area contributed by atoms with Gasteiger partial charge in [-0.05, 0) is 18.1 Å². The molecule has 0 saturated heterocycles. The second kappa shape index (κ2) is 4.45. The first-order valence-electron chi connectivity index (χ1n) is 4.13. The van der Waals surface area contributed by atoms with Gasteiger partial charge in [0.25, 0.3) is 0 Å². The van der Waals surface area contributed by atoms with E-state index in [1.54, 1.807) is 12.1 Å². The first-order valence-corrected chi connectivity index (χ1v) is 4.13. The summed E-state index contributed by atoms with van der Waals surface area (Å²) in [7, 11) is 0. The quantitative estimate of drug-likeness (QED) is 0.482. The van der Waals surface area contributed by atoms with E-state index in [0.717, 1.165) is 0 Å². The third kappa shape index (κ3) is 2.62. The van der Waals surface area contributed by atoms with Crippen LogP contribution in [-0.2, 0) is 6.42 Å². The van der Waals surface area contributed by atoms with Crippen LogP contribution in [0.1, 0.15) is 5.56 Å². The highest BCUT2D eigenvalue weighted by Crippen LogP contribution is 2.18. The number of phenolic OH excluding ortho intramolecular Hbond substituents is 1. The molecule has 14 heavy (non-hydrogen) atoms. The number of nitrogens with two attached hydrogens (primary N) is 2. The molecule has 0 heterocycles. The minimum absolute atomic E-state index is 0.0226. The monoisotopic (exact) mass is 197 g/mol. The van der Waals surface area contributed by atoms with Crippen LogP contribution in [0.5, 0.6) is 5.75 Å². The summed E-state index contributed by atoms with van der Waals surface area (Å²) in [6.45, 7) is 0.308. The zero-order chi connectivity index (χ0) is 10.6. The van der Waals surface area contributed by atoms with E-state index in [1.807, 2.05) is 0 Å². The van der Waals surface area contributed by atoms with Gasteiger partial charge in [0.1, 0.15) is 0 Å². The van der Waals surface area contributed by atoms with Gasteiger partial charge in [-0.25, -0.2) is 4.39 Å². The molecule has 5 heteroatoms. The summed E-state index contributed by atoms with van der Waals surface area (Å²) in [6, 6.07) is 4.44. The lowest BCUT2D eigenvalue weighted by Crippen LogP contribution is -2.23. The molecule has 0 aliphatic heterocycles. The largest absolute Gasteiger partial charge is 0.505 e. The number of hydrogen-bond acceptors (Lipinski definition) is 2. The van der Waals surface area contributed by atoms with Gasteiger partial charge in [-0.1, -0.05) is 12.1 Å². The molecule has 0 fully saturated rings. The molecule has 0 aromatic heterocycles. The molecule has 0 radical (unpaired) electrons. The Kier molecular flexibility index (Phi) is 3.28. The molecule has 1 aromatic carbocycles. The third-order valence-corrected chi connectivity index (χ3v) is 1.73. The molecular formula is C9H12FN3O. The summed E-state index contributed by atoms with van der Waals surface area (Å²) in [6.07, 6.45) is 0.359. The topological polar surface area (TPSA) is 84.6 Å². The molecule has 0 amide bonds. The summed E-state index contributed by atoms with van der Waals surface area (Å²) in [5.41, 5.74) is 10.6. The Hall–Kier alpha value is -1.78. The lowest BCUT2D eigenvalue weighted by molar-refractivity contribution is 0.428. The van der Waals surface area contributed by atoms with Gasteiger partial charge in [0.2, 0.25) is 0 Å². The van der Waals surface area contributed by atoms with E-state index in [9.17, 15) is 4.39 Å². The van der Waals surface area contributed by atoms with E-state index in [2.05, 4.69) is 4.99 Å². The second-order valence-corrected chi connectivity index (χ2v) is 2.81. The van der Waals surface area contributed by atoms with Crippen molar-refractivity contribution >= 4 is 5.96 Å². The third-order valence-electron chi connectivity index (χ3n) is 1.73. The molecule has 0 unspecified atom stereocenters. The maximum atomic E-state index is 13.2. The zero-order valence-electron chi connectivity index (χ0n) is 7.57. The minimum Gasteiger partial charge on any atom is -0.505 e. The van der Waals surface area contributed by atoms with Gasteiger partial charge in [0, 0.05) is 6.54 Å². The first kappa shape index (κ1) is 10.3. The van der Waals surface area contributed by atoms with Crippen molar-refractivity contribution in [3.63, 3.8) is 0 Å². The van der Waals surface area contributed by atoms with Gasteiger partial charge in [0.15, 0.2) is 17.5 Å². The number of halogens is 1. The van der Waals surface area contributed by atoms with E-state index in [0.29, 0.717) is 18.5 Å². The molecule has 0 aliphatic rings. The van der Waals surface area contributed by atoms with Crippen molar-refractivity contribution in [3.05, 3.63) is 29.6 Å². The van der Waals surface area contributed by atoms with Gasteiger partial charge in [-0.2, -0.15) is 0 Å². The van der Waals surface area contributed by atoms with Crippen molar-refractivity contribution < 1.29 is 9.50 Å². The fourth-order valence-corrected chi connectivity index (χ4v) is 1.06. The van der Waals surface area contributed by atoms with E-state index in [4.69, 9.17) is 16.6 Å². The van der Waals surface area contributed by atoms with Crippen LogP contribution in [0.2, 0.25) is 0 Å². The molecule has 5 N–H and O–H groups in total. The number of guanidine groups is 1. The fraction of sp³-hybridized carbons (Fsp3) is 0.222. The van der Waals surface area contributed by atoms with Crippen LogP contribution in [0.4, 0.5) is 4.39 Å². The highest BCUT2D eigenvalue weighted by molar-refractivity contribution is 5.75. The van der Waals surface area contributed by atoms with E-state index in [-0.39, 0.29) is 11.7 Å². The molecular weight excluding hydrogens is 185 g/mol. The molecule has 0 atom stereocenters. The SMILES string of the molecule is NC(N)=NCCc1cccc(O)c1F. The van der Waals surface area contributed by atoms with Gasteiger partial charge in [-0.15, -0.1) is 0 Å². The highest BCUT2D eigenvalue weighted by Gasteiger charge is 2.05. The fourth-order valence-electron chi connectivity index (χ4n) is 1.06. The van der Waals surface area contributed by atoms with E-state index < -0.39 is 5.82 Å². The minimum atomic E-state index is -0.613. The predicted molar refractivity (Wildman–Crippen MR) is 52.4 cm³/mol. The summed E-state index contributed by atoms with van der Waals surface area (Å²) < 4.78 is 13.2. The Morgan fingerprint density at radius 3 is 2.79 bits per heavy atom. The first-order chi connectivity index (χ1) is 6.61. The van der Waals surface area contributed by atoms with Gasteiger partial charge in [0.05, 0.1) is 0 Å². The summed E-state index contributed by atoms with van der Waals surface area (Å²) in [4.78, 5) is 3.71. The summed E-state index contributed by atoms with van der Waals surface area (Å²) in [5.74, 6) is -0.990. The second-order valence-electron chi connectivity index (χ2n) is 2.81. The number of aliphatic imine (C=N–C) groups is 1. The Balaban J connectivity index is 2.68. The molecule has 0 bridgehead atoms. The van der Waals surface area contributed by atoms with Crippen LogP contribution in [0, 0.1) is 5.82 Å². The highest BCUT2D eigenvalue weighted by atomic mass is 19.1. The molecule has 0 spiro atoms. The Morgan fingerprint density at radius 1 is 1.43 bits per heavy atom. The van der Waals surface area contributed by atoms with Crippen molar-refractivity contribution in [3.8, 4) is 5.75 Å². The Labute approximate surface area is 81.1 Å². The maximum Gasteiger partial charge on any atom is 0.185 e. The number of phenols is 1. The maximum absolute atomic E-state index is 13.2. The van der Waals surface area contributed by atoms with Crippen molar-refractivity contribution in [2.45, 2.75) is 6.42 Å². The van der Waals surface area contributed by atoms with Gasteiger partial charge >= 0.3 is 0 Å². The molecule has 1 rings (SSSR count). The van der Waals surface area contributed by atoms with Crippen LogP contribution >= 0.6 is 0 Å². The van der Waals surface area contributed by atoms with Crippen LogP contribution < -0.4 is 11.5 Å². The van der Waals surface area contributed by atoms with Crippen LogP contribution in [-0.4, -0.2) is 17.6 Å². The normalized spacial score (nSPS) is 9.79.